The molecule has 2 fully saturated rings. The number of benzene rings is 1. The molecule has 2 saturated heterocycles. The minimum absolute atomic E-state index is 0.0939. The molecule has 2 heterocycles. The van der Waals surface area contributed by atoms with E-state index in [1.54, 1.807) is 0 Å². The molecule has 3 rings (SSSR count). The van der Waals surface area contributed by atoms with Crippen molar-refractivity contribution in [1.29, 1.82) is 0 Å². The van der Waals surface area contributed by atoms with E-state index in [0.29, 0.717) is 0 Å². The monoisotopic (exact) mass is 307 g/mol. The van der Waals surface area contributed by atoms with Crippen LogP contribution in [0, 0.1) is 5.92 Å². The summed E-state index contributed by atoms with van der Waals surface area (Å²) in [4.78, 5) is 14.6. The smallest absolute Gasteiger partial charge is 0.241 e. The van der Waals surface area contributed by atoms with Crippen molar-refractivity contribution in [2.75, 3.05) is 13.1 Å². The second kappa shape index (κ2) is 6.34. The molecule has 114 valence electrons. The van der Waals surface area contributed by atoms with Gasteiger partial charge in [-0.1, -0.05) is 36.7 Å². The number of hydrogen-bond acceptors (Lipinski definition) is 3. The first-order valence-corrected chi connectivity index (χ1v) is 8.07. The van der Waals surface area contributed by atoms with Gasteiger partial charge in [0.05, 0.1) is 0 Å². The molecule has 1 aromatic rings. The van der Waals surface area contributed by atoms with Gasteiger partial charge in [0, 0.05) is 24.2 Å². The third kappa shape index (κ3) is 3.23. The molecule has 0 radical (unpaired) electrons. The summed E-state index contributed by atoms with van der Waals surface area (Å²) >= 11 is 6.23. The summed E-state index contributed by atoms with van der Waals surface area (Å²) in [5.41, 5.74) is 7.40. The van der Waals surface area contributed by atoms with Crippen LogP contribution in [0.2, 0.25) is 5.02 Å². The standard InChI is InChI=1S/C16H22ClN3O/c1-11-6-8-20(9-7-11)16(21)15-10-14(18-19-15)12-4-2-3-5-13(12)17/h2-5,11,14-15,18-19H,6-10H2,1H3. The molecule has 0 aromatic heterocycles. The van der Waals surface area contributed by atoms with Gasteiger partial charge in [-0.15, -0.1) is 0 Å². The summed E-state index contributed by atoms with van der Waals surface area (Å²) in [7, 11) is 0. The zero-order valence-corrected chi connectivity index (χ0v) is 13.1. The van der Waals surface area contributed by atoms with E-state index < -0.39 is 0 Å². The molecule has 2 atom stereocenters. The number of hydrogen-bond donors (Lipinski definition) is 2. The van der Waals surface area contributed by atoms with Gasteiger partial charge in [0.1, 0.15) is 6.04 Å². The number of nitrogens with zero attached hydrogens (tertiary/aromatic N) is 1. The van der Waals surface area contributed by atoms with Crippen molar-refractivity contribution in [3.63, 3.8) is 0 Å². The van der Waals surface area contributed by atoms with Crippen molar-refractivity contribution in [3.8, 4) is 0 Å². The number of piperidine rings is 1. The lowest BCUT2D eigenvalue weighted by atomic mass is 9.97. The van der Waals surface area contributed by atoms with Crippen LogP contribution >= 0.6 is 11.6 Å². The van der Waals surface area contributed by atoms with E-state index in [1.165, 1.54) is 0 Å². The summed E-state index contributed by atoms with van der Waals surface area (Å²) in [6.45, 7) is 4.02. The third-order valence-electron chi connectivity index (χ3n) is 4.58. The maximum atomic E-state index is 12.6. The lowest BCUT2D eigenvalue weighted by Crippen LogP contribution is -2.48. The van der Waals surface area contributed by atoms with Crippen molar-refractivity contribution in [2.45, 2.75) is 38.3 Å². The van der Waals surface area contributed by atoms with E-state index in [2.05, 4.69) is 17.8 Å². The Balaban J connectivity index is 1.62. The van der Waals surface area contributed by atoms with Crippen LogP contribution < -0.4 is 10.9 Å². The van der Waals surface area contributed by atoms with Crippen molar-refractivity contribution < 1.29 is 4.79 Å². The van der Waals surface area contributed by atoms with Crippen molar-refractivity contribution in [1.82, 2.24) is 15.8 Å². The Morgan fingerprint density at radius 2 is 1.95 bits per heavy atom. The summed E-state index contributed by atoms with van der Waals surface area (Å²) in [5, 5.41) is 0.747. The molecule has 21 heavy (non-hydrogen) atoms. The Morgan fingerprint density at radius 1 is 1.24 bits per heavy atom. The van der Waals surface area contributed by atoms with E-state index in [9.17, 15) is 4.79 Å². The minimum atomic E-state index is -0.153. The molecule has 1 amide bonds. The first-order valence-electron chi connectivity index (χ1n) is 7.69. The second-order valence-corrected chi connectivity index (χ2v) is 6.57. The average Bonchev–Trinajstić information content (AvgIpc) is 2.97. The molecule has 1 aromatic carbocycles. The van der Waals surface area contributed by atoms with Gasteiger partial charge in [0.15, 0.2) is 0 Å². The molecule has 0 bridgehead atoms. The largest absolute Gasteiger partial charge is 0.341 e. The molecule has 2 N–H and O–H groups in total. The number of amides is 1. The van der Waals surface area contributed by atoms with Crippen LogP contribution in [0.1, 0.15) is 37.8 Å². The van der Waals surface area contributed by atoms with E-state index in [-0.39, 0.29) is 18.0 Å². The fraction of sp³-hybridized carbons (Fsp3) is 0.562. The van der Waals surface area contributed by atoms with Crippen molar-refractivity contribution in [2.24, 2.45) is 5.92 Å². The normalized spacial score (nSPS) is 27.0. The Bertz CT molecular complexity index is 514. The predicted molar refractivity (Wildman–Crippen MR) is 83.8 cm³/mol. The van der Waals surface area contributed by atoms with Crippen LogP contribution in [0.4, 0.5) is 0 Å². The number of nitrogens with one attached hydrogen (secondary N) is 2. The Kier molecular flexibility index (Phi) is 4.48. The molecule has 0 saturated carbocycles. The topological polar surface area (TPSA) is 44.4 Å². The number of carbonyl (C=O) groups is 1. The van der Waals surface area contributed by atoms with Gasteiger partial charge in [-0.05, 0) is 36.8 Å². The first kappa shape index (κ1) is 14.8. The molecular formula is C16H22ClN3O. The Labute approximate surface area is 130 Å². The molecule has 0 spiro atoms. The van der Waals surface area contributed by atoms with E-state index in [4.69, 9.17) is 11.6 Å². The highest BCUT2D eigenvalue weighted by Gasteiger charge is 2.34. The van der Waals surface area contributed by atoms with Crippen LogP contribution in [0.15, 0.2) is 24.3 Å². The highest BCUT2D eigenvalue weighted by Crippen LogP contribution is 2.29. The van der Waals surface area contributed by atoms with E-state index in [0.717, 1.165) is 48.9 Å². The number of rotatable bonds is 2. The molecule has 2 aliphatic rings. The van der Waals surface area contributed by atoms with Gasteiger partial charge in [-0.25, -0.2) is 10.9 Å². The average molecular weight is 308 g/mol. The molecular weight excluding hydrogens is 286 g/mol. The van der Waals surface area contributed by atoms with Gasteiger partial charge < -0.3 is 4.90 Å². The second-order valence-electron chi connectivity index (χ2n) is 6.16. The predicted octanol–water partition coefficient (Wildman–Crippen LogP) is 2.51. The number of hydrazine groups is 1. The van der Waals surface area contributed by atoms with Crippen LogP contribution in [0.5, 0.6) is 0 Å². The van der Waals surface area contributed by atoms with Gasteiger partial charge in [0.2, 0.25) is 5.91 Å². The number of likely N-dealkylation sites (tertiary alicyclic amines) is 1. The van der Waals surface area contributed by atoms with Crippen molar-refractivity contribution >= 4 is 17.5 Å². The van der Waals surface area contributed by atoms with E-state index in [1.807, 2.05) is 29.2 Å². The maximum Gasteiger partial charge on any atom is 0.241 e. The van der Waals surface area contributed by atoms with Gasteiger partial charge in [-0.2, -0.15) is 0 Å². The van der Waals surface area contributed by atoms with Crippen LogP contribution in [-0.4, -0.2) is 29.9 Å². The fourth-order valence-electron chi connectivity index (χ4n) is 3.13. The maximum absolute atomic E-state index is 12.6. The summed E-state index contributed by atoms with van der Waals surface area (Å²) in [6, 6.07) is 7.74. The highest BCUT2D eigenvalue weighted by atomic mass is 35.5. The summed E-state index contributed by atoms with van der Waals surface area (Å²) in [5.74, 6) is 0.948. The number of carbonyl (C=O) groups excluding carboxylic acids is 1. The van der Waals surface area contributed by atoms with E-state index >= 15 is 0 Å². The first-order chi connectivity index (χ1) is 10.1. The number of halogens is 1. The SMILES string of the molecule is CC1CCN(C(=O)C2CC(c3ccccc3Cl)NN2)CC1. The van der Waals surface area contributed by atoms with Gasteiger partial charge in [-0.3, -0.25) is 4.79 Å². The molecule has 2 aliphatic heterocycles. The zero-order chi connectivity index (χ0) is 14.8. The lowest BCUT2D eigenvalue weighted by Gasteiger charge is -2.32. The van der Waals surface area contributed by atoms with Crippen LogP contribution in [-0.2, 0) is 4.79 Å². The lowest BCUT2D eigenvalue weighted by molar-refractivity contribution is -0.134. The molecule has 4 nitrogen and oxygen atoms in total. The van der Waals surface area contributed by atoms with Crippen molar-refractivity contribution in [3.05, 3.63) is 34.9 Å². The van der Waals surface area contributed by atoms with Gasteiger partial charge >= 0.3 is 0 Å². The summed E-state index contributed by atoms with van der Waals surface area (Å²) in [6.07, 6.45) is 2.97. The summed E-state index contributed by atoms with van der Waals surface area (Å²) < 4.78 is 0. The van der Waals surface area contributed by atoms with Crippen LogP contribution in [0.3, 0.4) is 0 Å². The molecule has 5 heteroatoms. The van der Waals surface area contributed by atoms with Crippen LogP contribution in [0.25, 0.3) is 0 Å². The zero-order valence-electron chi connectivity index (χ0n) is 12.3. The highest BCUT2D eigenvalue weighted by molar-refractivity contribution is 6.31. The minimum Gasteiger partial charge on any atom is -0.341 e. The Morgan fingerprint density at radius 3 is 2.67 bits per heavy atom. The molecule has 2 unspecified atom stereocenters. The Hall–Kier alpha value is -1.10. The third-order valence-corrected chi connectivity index (χ3v) is 4.92. The quantitative estimate of drug-likeness (QED) is 0.882. The molecule has 0 aliphatic carbocycles. The van der Waals surface area contributed by atoms with Gasteiger partial charge in [0.25, 0.3) is 0 Å². The fourth-order valence-corrected chi connectivity index (χ4v) is 3.40.